The Bertz CT molecular complexity index is 534. The van der Waals surface area contributed by atoms with Crippen molar-refractivity contribution in [1.82, 2.24) is 9.62 Å². The molecule has 0 bridgehead atoms. The van der Waals surface area contributed by atoms with Gasteiger partial charge < -0.3 is 10.1 Å². The Kier molecular flexibility index (Phi) is 6.54. The van der Waals surface area contributed by atoms with E-state index in [9.17, 15) is 12.8 Å². The van der Waals surface area contributed by atoms with Crippen molar-refractivity contribution in [3.8, 4) is 0 Å². The molecule has 1 aromatic carbocycles. The molecule has 0 unspecified atom stereocenters. The minimum atomic E-state index is -3.73. The maximum absolute atomic E-state index is 13.4. The molecule has 0 fully saturated rings. The van der Waals surface area contributed by atoms with E-state index in [1.807, 2.05) is 0 Å². The molecular weight excluding hydrogens is 283 g/mol. The fraction of sp³-hybridized carbons (Fsp3) is 0.538. The highest BCUT2D eigenvalue weighted by Gasteiger charge is 2.25. The van der Waals surface area contributed by atoms with E-state index in [0.717, 1.165) is 6.07 Å². The summed E-state index contributed by atoms with van der Waals surface area (Å²) in [4.78, 5) is 0.00445. The number of sulfonamides is 1. The Labute approximate surface area is 119 Å². The Morgan fingerprint density at radius 2 is 2.10 bits per heavy atom. The van der Waals surface area contributed by atoms with E-state index in [2.05, 4.69) is 5.32 Å². The maximum atomic E-state index is 13.4. The second kappa shape index (κ2) is 7.68. The first-order chi connectivity index (χ1) is 9.47. The van der Waals surface area contributed by atoms with Gasteiger partial charge in [0.2, 0.25) is 10.0 Å². The first-order valence-corrected chi connectivity index (χ1v) is 7.83. The molecule has 0 heterocycles. The van der Waals surface area contributed by atoms with Crippen LogP contribution in [0.4, 0.5) is 4.39 Å². The molecule has 0 saturated heterocycles. The monoisotopic (exact) mass is 304 g/mol. The minimum Gasteiger partial charge on any atom is -0.383 e. The molecular formula is C13H21FN2O3S. The molecule has 0 aliphatic carbocycles. The van der Waals surface area contributed by atoms with Crippen molar-refractivity contribution in [2.24, 2.45) is 0 Å². The molecule has 0 saturated carbocycles. The van der Waals surface area contributed by atoms with Gasteiger partial charge in [0.25, 0.3) is 0 Å². The van der Waals surface area contributed by atoms with Gasteiger partial charge in [-0.05, 0) is 24.7 Å². The number of benzene rings is 1. The second-order valence-corrected chi connectivity index (χ2v) is 6.18. The summed E-state index contributed by atoms with van der Waals surface area (Å²) in [5.41, 5.74) is 0.546. The molecule has 0 spiro atoms. The average molecular weight is 304 g/mol. The van der Waals surface area contributed by atoms with Gasteiger partial charge in [0.05, 0.1) is 11.5 Å². The quantitative estimate of drug-likeness (QED) is 0.784. The van der Waals surface area contributed by atoms with Crippen molar-refractivity contribution in [2.75, 3.05) is 33.9 Å². The van der Waals surface area contributed by atoms with E-state index in [4.69, 9.17) is 4.74 Å². The standard InChI is InChI=1S/C13H21FN2O3S/c1-4-16(7-8-19-3)20(17,18)13-9-12(14)6-5-11(13)10-15-2/h5-6,9,15H,4,7-8,10H2,1-3H3. The third-order valence-corrected chi connectivity index (χ3v) is 4.97. The highest BCUT2D eigenvalue weighted by molar-refractivity contribution is 7.89. The number of nitrogens with zero attached hydrogens (tertiary/aromatic N) is 1. The molecule has 0 aromatic heterocycles. The number of likely N-dealkylation sites (N-methyl/N-ethyl adjacent to an activating group) is 1. The van der Waals surface area contributed by atoms with Gasteiger partial charge in [0, 0.05) is 26.7 Å². The van der Waals surface area contributed by atoms with Crippen LogP contribution in [-0.2, 0) is 21.3 Å². The van der Waals surface area contributed by atoms with E-state index < -0.39 is 15.8 Å². The number of rotatable bonds is 8. The number of halogens is 1. The molecule has 7 heteroatoms. The molecule has 0 aliphatic heterocycles. The van der Waals surface area contributed by atoms with Crippen LogP contribution in [-0.4, -0.2) is 46.6 Å². The smallest absolute Gasteiger partial charge is 0.243 e. The van der Waals surface area contributed by atoms with Crippen LogP contribution in [0.2, 0.25) is 0 Å². The van der Waals surface area contributed by atoms with E-state index in [1.165, 1.54) is 23.5 Å². The summed E-state index contributed by atoms with van der Waals surface area (Å²) < 4.78 is 44.8. The van der Waals surface area contributed by atoms with Crippen LogP contribution < -0.4 is 5.32 Å². The predicted molar refractivity (Wildman–Crippen MR) is 75.5 cm³/mol. The fourth-order valence-corrected chi connectivity index (χ4v) is 3.55. The molecule has 1 rings (SSSR count). The number of hydrogen-bond donors (Lipinski definition) is 1. The number of hydrogen-bond acceptors (Lipinski definition) is 4. The molecule has 0 amide bonds. The zero-order valence-corrected chi connectivity index (χ0v) is 12.8. The molecule has 0 aliphatic rings. The van der Waals surface area contributed by atoms with Gasteiger partial charge in [-0.25, -0.2) is 12.8 Å². The third-order valence-electron chi connectivity index (χ3n) is 2.91. The summed E-state index contributed by atoms with van der Waals surface area (Å²) in [5.74, 6) is -0.564. The number of nitrogens with one attached hydrogen (secondary N) is 1. The minimum absolute atomic E-state index is 0.00445. The third kappa shape index (κ3) is 3.99. The summed E-state index contributed by atoms with van der Waals surface area (Å²) in [6.07, 6.45) is 0. The second-order valence-electron chi connectivity index (χ2n) is 4.27. The van der Waals surface area contributed by atoms with Crippen molar-refractivity contribution >= 4 is 10.0 Å². The predicted octanol–water partition coefficient (Wildman–Crippen LogP) is 1.20. The van der Waals surface area contributed by atoms with Crippen LogP contribution in [0, 0.1) is 5.82 Å². The highest BCUT2D eigenvalue weighted by Crippen LogP contribution is 2.21. The number of ether oxygens (including phenoxy) is 1. The summed E-state index contributed by atoms with van der Waals surface area (Å²) in [6, 6.07) is 3.82. The van der Waals surface area contributed by atoms with Gasteiger partial charge in [-0.2, -0.15) is 4.31 Å². The van der Waals surface area contributed by atoms with Gasteiger partial charge in [-0.3, -0.25) is 0 Å². The first-order valence-electron chi connectivity index (χ1n) is 6.39. The van der Waals surface area contributed by atoms with Crippen molar-refractivity contribution in [1.29, 1.82) is 0 Å². The molecule has 20 heavy (non-hydrogen) atoms. The zero-order chi connectivity index (χ0) is 15.2. The maximum Gasteiger partial charge on any atom is 0.243 e. The van der Waals surface area contributed by atoms with Gasteiger partial charge in [-0.1, -0.05) is 13.0 Å². The topological polar surface area (TPSA) is 58.6 Å². The molecule has 114 valence electrons. The van der Waals surface area contributed by atoms with E-state index >= 15 is 0 Å². The van der Waals surface area contributed by atoms with E-state index in [0.29, 0.717) is 25.3 Å². The zero-order valence-electron chi connectivity index (χ0n) is 12.0. The normalized spacial score (nSPS) is 12.1. The summed E-state index contributed by atoms with van der Waals surface area (Å²) >= 11 is 0. The molecule has 0 radical (unpaired) electrons. The van der Waals surface area contributed by atoms with Gasteiger partial charge >= 0.3 is 0 Å². The van der Waals surface area contributed by atoms with Gasteiger partial charge in [0.1, 0.15) is 5.82 Å². The van der Waals surface area contributed by atoms with Gasteiger partial charge in [0.15, 0.2) is 0 Å². The van der Waals surface area contributed by atoms with Crippen LogP contribution in [0.5, 0.6) is 0 Å². The van der Waals surface area contributed by atoms with Crippen LogP contribution >= 0.6 is 0 Å². The van der Waals surface area contributed by atoms with Crippen LogP contribution in [0.3, 0.4) is 0 Å². The molecule has 1 aromatic rings. The lowest BCUT2D eigenvalue weighted by atomic mass is 10.2. The van der Waals surface area contributed by atoms with E-state index in [1.54, 1.807) is 14.0 Å². The average Bonchev–Trinajstić information content (AvgIpc) is 2.41. The van der Waals surface area contributed by atoms with Crippen LogP contribution in [0.25, 0.3) is 0 Å². The van der Waals surface area contributed by atoms with Crippen molar-refractivity contribution in [2.45, 2.75) is 18.4 Å². The lowest BCUT2D eigenvalue weighted by Crippen LogP contribution is -2.34. The highest BCUT2D eigenvalue weighted by atomic mass is 32.2. The summed E-state index contributed by atoms with van der Waals surface area (Å²) in [5, 5.41) is 2.89. The molecule has 5 nitrogen and oxygen atoms in total. The molecule has 1 N–H and O–H groups in total. The summed E-state index contributed by atoms with van der Waals surface area (Å²) in [6.45, 7) is 2.94. The van der Waals surface area contributed by atoms with Crippen molar-refractivity contribution < 1.29 is 17.5 Å². The summed E-state index contributed by atoms with van der Waals surface area (Å²) in [7, 11) is -0.506. The lowest BCUT2D eigenvalue weighted by Gasteiger charge is -2.21. The largest absolute Gasteiger partial charge is 0.383 e. The Morgan fingerprint density at radius 3 is 2.65 bits per heavy atom. The van der Waals surface area contributed by atoms with E-state index in [-0.39, 0.29) is 11.4 Å². The Balaban J connectivity index is 3.21. The Hall–Kier alpha value is -1.02. The van der Waals surface area contributed by atoms with Crippen molar-refractivity contribution in [3.05, 3.63) is 29.6 Å². The molecule has 0 atom stereocenters. The SMILES string of the molecule is CCN(CCOC)S(=O)(=O)c1cc(F)ccc1CNC. The lowest BCUT2D eigenvalue weighted by molar-refractivity contribution is 0.180. The van der Waals surface area contributed by atoms with Crippen molar-refractivity contribution in [3.63, 3.8) is 0 Å². The van der Waals surface area contributed by atoms with Gasteiger partial charge in [-0.15, -0.1) is 0 Å². The van der Waals surface area contributed by atoms with Crippen LogP contribution in [0.1, 0.15) is 12.5 Å². The fourth-order valence-electron chi connectivity index (χ4n) is 1.89. The van der Waals surface area contributed by atoms with Crippen LogP contribution in [0.15, 0.2) is 23.1 Å². The number of methoxy groups -OCH3 is 1. The Morgan fingerprint density at radius 1 is 1.40 bits per heavy atom. The first kappa shape index (κ1) is 17.0.